The van der Waals surface area contributed by atoms with Crippen molar-refractivity contribution in [2.75, 3.05) is 10.2 Å². The molecule has 0 bridgehead atoms. The van der Waals surface area contributed by atoms with Crippen molar-refractivity contribution in [2.45, 2.75) is 21.9 Å². The first kappa shape index (κ1) is 26.5. The molecule has 3 aromatic carbocycles. The Morgan fingerprint density at radius 2 is 1.79 bits per heavy atom. The maximum Gasteiger partial charge on any atom is 0.425 e. The summed E-state index contributed by atoms with van der Waals surface area (Å²) < 4.78 is 34.1. The van der Waals surface area contributed by atoms with Crippen LogP contribution >= 0.6 is 23.4 Å². The Morgan fingerprint density at radius 1 is 1.10 bits per heavy atom. The number of fused-ring (bicyclic) bond motifs is 2. The van der Waals surface area contributed by atoms with E-state index in [0.717, 1.165) is 0 Å². The van der Waals surface area contributed by atoms with Gasteiger partial charge < -0.3 is 9.84 Å². The predicted octanol–water partition coefficient (Wildman–Crippen LogP) is 3.96. The maximum absolute atomic E-state index is 13.7. The molecule has 2 heterocycles. The van der Waals surface area contributed by atoms with Crippen molar-refractivity contribution >= 4 is 68.8 Å². The van der Waals surface area contributed by atoms with E-state index >= 15 is 0 Å². The smallest absolute Gasteiger partial charge is 0.425 e. The zero-order valence-corrected chi connectivity index (χ0v) is 22.1. The summed E-state index contributed by atoms with van der Waals surface area (Å²) in [4.78, 5) is 52.5. The van der Waals surface area contributed by atoms with E-state index in [-0.39, 0.29) is 37.3 Å². The van der Waals surface area contributed by atoms with Crippen molar-refractivity contribution in [1.82, 2.24) is 10.0 Å². The molecule has 0 fully saturated rings. The van der Waals surface area contributed by atoms with Gasteiger partial charge in [-0.25, -0.2) is 22.9 Å². The fraction of sp³-hybridized carbons (Fsp3) is 0.0833. The topological polar surface area (TPSA) is 171 Å². The summed E-state index contributed by atoms with van der Waals surface area (Å²) in [6.07, 6.45) is -2.81. The molecule has 3 aromatic rings. The van der Waals surface area contributed by atoms with Crippen molar-refractivity contribution in [3.63, 3.8) is 0 Å². The maximum atomic E-state index is 13.7. The van der Waals surface area contributed by atoms with Crippen LogP contribution in [0.25, 0.3) is 0 Å². The van der Waals surface area contributed by atoms with Gasteiger partial charge in [0.15, 0.2) is 0 Å². The lowest BCUT2D eigenvalue weighted by Crippen LogP contribution is -2.64. The van der Waals surface area contributed by atoms with Crippen LogP contribution in [0.2, 0.25) is 5.02 Å². The zero-order chi connectivity index (χ0) is 28.1. The number of imide groups is 1. The van der Waals surface area contributed by atoms with Gasteiger partial charge in [0, 0.05) is 9.92 Å². The molecule has 200 valence electrons. The minimum absolute atomic E-state index is 0.0835. The third kappa shape index (κ3) is 4.78. The molecule has 1 unspecified atom stereocenters. The molecule has 2 aliphatic heterocycles. The Kier molecular flexibility index (Phi) is 6.50. The third-order valence-corrected chi connectivity index (χ3v) is 8.99. The van der Waals surface area contributed by atoms with Crippen LogP contribution in [0.4, 0.5) is 21.0 Å². The number of hydrogen-bond donors (Lipinski definition) is 4. The first-order valence-corrected chi connectivity index (χ1v) is 13.7. The molecule has 2 aliphatic rings. The molecule has 0 aliphatic carbocycles. The van der Waals surface area contributed by atoms with Gasteiger partial charge in [0.1, 0.15) is 0 Å². The quantitative estimate of drug-likeness (QED) is 0.346. The molecule has 4 amide bonds. The zero-order valence-electron chi connectivity index (χ0n) is 19.7. The number of thioether (sulfide) groups is 1. The number of nitrogens with one attached hydrogen (secondary N) is 3. The summed E-state index contributed by atoms with van der Waals surface area (Å²) in [5.41, 5.74) is -0.208. The minimum atomic E-state index is -4.35. The Labute approximate surface area is 230 Å². The van der Waals surface area contributed by atoms with E-state index in [1.807, 2.05) is 0 Å². The summed E-state index contributed by atoms with van der Waals surface area (Å²) in [5.74, 6) is -1.91. The Balaban J connectivity index is 1.65. The van der Waals surface area contributed by atoms with E-state index in [9.17, 15) is 32.7 Å². The van der Waals surface area contributed by atoms with Crippen molar-refractivity contribution < 1.29 is 37.4 Å². The summed E-state index contributed by atoms with van der Waals surface area (Å²) in [5, 5.41) is 11.5. The Bertz CT molecular complexity index is 1700. The number of amides is 4. The summed E-state index contributed by atoms with van der Waals surface area (Å²) in [7, 11) is -4.35. The number of carboxylic acid groups (broad SMARTS) is 1. The number of carbonyl (C=O) groups excluding carboxylic acids is 3. The van der Waals surface area contributed by atoms with Crippen molar-refractivity contribution in [3.8, 4) is 0 Å². The van der Waals surface area contributed by atoms with Gasteiger partial charge in [0.25, 0.3) is 11.8 Å². The number of aryl methyl sites for hydroxylation is 1. The Hall–Kier alpha value is -4.11. The van der Waals surface area contributed by atoms with Gasteiger partial charge in [0.2, 0.25) is 10.0 Å². The van der Waals surface area contributed by atoms with Gasteiger partial charge in [-0.1, -0.05) is 35.9 Å². The fourth-order valence-electron chi connectivity index (χ4n) is 4.00. The van der Waals surface area contributed by atoms with Crippen molar-refractivity contribution in [3.05, 3.63) is 82.4 Å². The number of anilines is 2. The van der Waals surface area contributed by atoms with Gasteiger partial charge in [-0.2, -0.15) is 0 Å². The van der Waals surface area contributed by atoms with E-state index in [1.54, 1.807) is 6.92 Å². The Morgan fingerprint density at radius 3 is 2.54 bits per heavy atom. The van der Waals surface area contributed by atoms with Crippen LogP contribution in [0.1, 0.15) is 26.3 Å². The summed E-state index contributed by atoms with van der Waals surface area (Å²) in [6, 6.07) is 13.8. The summed E-state index contributed by atoms with van der Waals surface area (Å²) >= 11 is 6.86. The molecule has 0 saturated carbocycles. The molecule has 0 radical (unpaired) electrons. The normalized spacial score (nSPS) is 19.6. The number of hydrogen-bond acceptors (Lipinski definition) is 8. The number of sulfonamides is 1. The number of rotatable bonds is 2. The average Bonchev–Trinajstić information content (AvgIpc) is 2.84. The van der Waals surface area contributed by atoms with Crippen LogP contribution in [0, 0.1) is 6.92 Å². The third-order valence-electron chi connectivity index (χ3n) is 5.72. The van der Waals surface area contributed by atoms with Crippen LogP contribution in [-0.2, 0) is 14.8 Å². The second-order valence-corrected chi connectivity index (χ2v) is 11.6. The number of carbonyl (C=O) groups is 4. The van der Waals surface area contributed by atoms with E-state index < -0.39 is 39.2 Å². The number of benzene rings is 3. The molecule has 0 saturated heterocycles. The molecule has 1 atom stereocenters. The van der Waals surface area contributed by atoms with Crippen LogP contribution in [0.5, 0.6) is 0 Å². The van der Waals surface area contributed by atoms with Crippen molar-refractivity contribution in [2.24, 2.45) is 0 Å². The monoisotopic (exact) mass is 588 g/mol. The lowest BCUT2D eigenvalue weighted by atomic mass is 10.1. The molecule has 39 heavy (non-hydrogen) atoms. The van der Waals surface area contributed by atoms with Crippen LogP contribution in [0.15, 0.2) is 70.5 Å². The van der Waals surface area contributed by atoms with E-state index in [4.69, 9.17) is 16.3 Å². The highest BCUT2D eigenvalue weighted by atomic mass is 35.5. The van der Waals surface area contributed by atoms with Crippen molar-refractivity contribution in [1.29, 1.82) is 0 Å². The van der Waals surface area contributed by atoms with Gasteiger partial charge in [-0.3, -0.25) is 20.2 Å². The number of para-hydroxylation sites is 2. The standard InChI is InChI=1S/C24H17ClN4O8S2/c1-12-10-19-18(11-15(12)25)38-24(28-39(19,35)36)27-20(30)14-7-3-5-9-17(14)29(23(34)37-24)21(31)13-6-2-4-8-16(13)26-22(32)33/h2-11,26,28H,1H3,(H,27,30)(H,32,33). The highest BCUT2D eigenvalue weighted by Gasteiger charge is 2.50. The number of halogens is 1. The van der Waals surface area contributed by atoms with Gasteiger partial charge >= 0.3 is 17.4 Å². The number of ether oxygens (including phenoxy) is 1. The van der Waals surface area contributed by atoms with E-state index in [0.29, 0.717) is 22.2 Å². The number of nitrogens with zero attached hydrogens (tertiary/aromatic N) is 1. The van der Waals surface area contributed by atoms with E-state index in [1.165, 1.54) is 60.7 Å². The molecular formula is C24H17ClN4O8S2. The fourth-order valence-corrected chi connectivity index (χ4v) is 7.30. The SMILES string of the molecule is Cc1cc2c(cc1Cl)SC1(NC(=O)c3ccccc3N(C(=O)c3ccccc3NC(=O)O)C(=O)O1)NS2(=O)=O. The van der Waals surface area contributed by atoms with Gasteiger partial charge in [0.05, 0.1) is 27.4 Å². The highest BCUT2D eigenvalue weighted by molar-refractivity contribution is 8.03. The average molecular weight is 589 g/mol. The summed E-state index contributed by atoms with van der Waals surface area (Å²) in [6.45, 7) is 1.61. The molecule has 12 nitrogen and oxygen atoms in total. The van der Waals surface area contributed by atoms with Gasteiger partial charge in [-0.05, 0) is 60.6 Å². The minimum Gasteiger partial charge on any atom is -0.465 e. The lowest BCUT2D eigenvalue weighted by molar-refractivity contribution is 0.0423. The second kappa shape index (κ2) is 9.57. The molecule has 5 rings (SSSR count). The molecule has 0 aromatic heterocycles. The lowest BCUT2D eigenvalue weighted by Gasteiger charge is -2.39. The molecule has 4 N–H and O–H groups in total. The molecule has 15 heteroatoms. The van der Waals surface area contributed by atoms with Crippen LogP contribution < -0.4 is 20.3 Å². The highest BCUT2D eigenvalue weighted by Crippen LogP contribution is 2.44. The van der Waals surface area contributed by atoms with Gasteiger partial charge in [-0.15, -0.1) is 4.72 Å². The van der Waals surface area contributed by atoms with Crippen LogP contribution in [-0.4, -0.2) is 42.7 Å². The second-order valence-electron chi connectivity index (χ2n) is 8.33. The largest absolute Gasteiger partial charge is 0.465 e. The van der Waals surface area contributed by atoms with E-state index in [2.05, 4.69) is 15.4 Å². The molecule has 1 spiro atoms. The first-order valence-electron chi connectivity index (χ1n) is 11.0. The van der Waals surface area contributed by atoms with Crippen LogP contribution in [0.3, 0.4) is 0 Å². The first-order chi connectivity index (χ1) is 18.4. The molecular weight excluding hydrogens is 572 g/mol. The predicted molar refractivity (Wildman–Crippen MR) is 140 cm³/mol.